The molecule has 3 nitrogen and oxygen atoms in total. The lowest BCUT2D eigenvalue weighted by atomic mass is 9.91. The van der Waals surface area contributed by atoms with Crippen molar-refractivity contribution in [1.82, 2.24) is 0 Å². The van der Waals surface area contributed by atoms with E-state index in [0.29, 0.717) is 12.8 Å². The third-order valence-electron chi connectivity index (χ3n) is 3.59. The van der Waals surface area contributed by atoms with Crippen molar-refractivity contribution in [3.05, 3.63) is 35.4 Å². The molecular weight excluding hydrogens is 236 g/mol. The molecule has 0 aromatic heterocycles. The van der Waals surface area contributed by atoms with E-state index >= 15 is 0 Å². The second-order valence-corrected chi connectivity index (χ2v) is 7.23. The van der Waals surface area contributed by atoms with Gasteiger partial charge >= 0.3 is 0 Å². The van der Waals surface area contributed by atoms with Crippen molar-refractivity contribution < 1.29 is 13.5 Å². The molecule has 0 spiro atoms. The molecule has 17 heavy (non-hydrogen) atoms. The van der Waals surface area contributed by atoms with E-state index in [4.69, 9.17) is 0 Å². The lowest BCUT2D eigenvalue weighted by Crippen LogP contribution is -2.39. The van der Waals surface area contributed by atoms with Gasteiger partial charge in [-0.05, 0) is 31.7 Å². The molecule has 2 rings (SSSR count). The summed E-state index contributed by atoms with van der Waals surface area (Å²) in [5, 5.41) is 10.0. The summed E-state index contributed by atoms with van der Waals surface area (Å²) in [6, 6.07) is 7.50. The van der Waals surface area contributed by atoms with Gasteiger partial charge in [0.2, 0.25) is 0 Å². The molecule has 1 aliphatic rings. The highest BCUT2D eigenvalue weighted by Gasteiger charge is 2.47. The van der Waals surface area contributed by atoms with Crippen LogP contribution in [-0.2, 0) is 15.4 Å². The first-order valence-corrected chi connectivity index (χ1v) is 7.78. The van der Waals surface area contributed by atoms with Crippen LogP contribution in [0.1, 0.15) is 30.4 Å². The molecule has 0 bridgehead atoms. The summed E-state index contributed by atoms with van der Waals surface area (Å²) in [5.41, 5.74) is 0.556. The molecule has 1 aromatic rings. The maximum Gasteiger partial charge on any atom is 0.153 e. The molecule has 1 aromatic carbocycles. The van der Waals surface area contributed by atoms with Gasteiger partial charge in [0.1, 0.15) is 5.60 Å². The van der Waals surface area contributed by atoms with E-state index in [0.717, 1.165) is 17.5 Å². The smallest absolute Gasteiger partial charge is 0.153 e. The van der Waals surface area contributed by atoms with E-state index in [2.05, 4.69) is 0 Å². The monoisotopic (exact) mass is 254 g/mol. The van der Waals surface area contributed by atoms with Gasteiger partial charge in [-0.2, -0.15) is 0 Å². The topological polar surface area (TPSA) is 54.4 Å². The van der Waals surface area contributed by atoms with E-state index < -0.39 is 20.7 Å². The summed E-state index contributed by atoms with van der Waals surface area (Å²) in [6.07, 6.45) is 3.03. The minimum Gasteiger partial charge on any atom is -0.384 e. The molecule has 0 saturated heterocycles. The van der Waals surface area contributed by atoms with Gasteiger partial charge in [-0.3, -0.25) is 0 Å². The minimum atomic E-state index is -3.22. The van der Waals surface area contributed by atoms with E-state index in [-0.39, 0.29) is 0 Å². The second-order valence-electron chi connectivity index (χ2n) is 5.00. The van der Waals surface area contributed by atoms with E-state index in [9.17, 15) is 13.5 Å². The van der Waals surface area contributed by atoms with Crippen molar-refractivity contribution >= 4 is 9.84 Å². The van der Waals surface area contributed by atoms with Crippen LogP contribution in [0.3, 0.4) is 0 Å². The first-order chi connectivity index (χ1) is 7.84. The predicted molar refractivity (Wildman–Crippen MR) is 67.6 cm³/mol. The zero-order chi connectivity index (χ0) is 12.7. The first-order valence-electron chi connectivity index (χ1n) is 5.82. The number of hydrogen-bond acceptors (Lipinski definition) is 3. The molecule has 1 N–H and O–H groups in total. The summed E-state index contributed by atoms with van der Waals surface area (Å²) in [5.74, 6) is 0. The highest BCUT2D eigenvalue weighted by atomic mass is 32.2. The molecule has 2 unspecified atom stereocenters. The number of sulfone groups is 1. The number of aryl methyl sites for hydroxylation is 1. The summed E-state index contributed by atoms with van der Waals surface area (Å²) >= 11 is 0. The van der Waals surface area contributed by atoms with E-state index in [1.807, 2.05) is 31.2 Å². The van der Waals surface area contributed by atoms with E-state index in [1.165, 1.54) is 6.26 Å². The van der Waals surface area contributed by atoms with Crippen LogP contribution in [0.2, 0.25) is 0 Å². The van der Waals surface area contributed by atoms with Gasteiger partial charge in [0.25, 0.3) is 0 Å². The van der Waals surface area contributed by atoms with Crippen molar-refractivity contribution in [2.45, 2.75) is 37.0 Å². The normalized spacial score (nSPS) is 29.5. The van der Waals surface area contributed by atoms with Crippen LogP contribution in [0.15, 0.2) is 24.3 Å². The molecule has 4 heteroatoms. The number of aliphatic hydroxyl groups is 1. The Morgan fingerprint density at radius 3 is 2.71 bits per heavy atom. The Morgan fingerprint density at radius 1 is 1.41 bits per heavy atom. The average molecular weight is 254 g/mol. The van der Waals surface area contributed by atoms with Gasteiger partial charge in [-0.15, -0.1) is 0 Å². The summed E-state index contributed by atoms with van der Waals surface area (Å²) in [6.45, 7) is 1.94. The van der Waals surface area contributed by atoms with Crippen LogP contribution in [0.25, 0.3) is 0 Å². The molecule has 1 saturated carbocycles. The van der Waals surface area contributed by atoms with Crippen molar-refractivity contribution in [1.29, 1.82) is 0 Å². The van der Waals surface area contributed by atoms with Gasteiger partial charge in [-0.25, -0.2) is 8.42 Å². The Bertz CT molecular complexity index is 521. The van der Waals surface area contributed by atoms with Crippen LogP contribution in [-0.4, -0.2) is 25.0 Å². The van der Waals surface area contributed by atoms with Gasteiger partial charge in [-0.1, -0.05) is 29.8 Å². The summed E-state index contributed by atoms with van der Waals surface area (Å²) in [7, 11) is -3.22. The van der Waals surface area contributed by atoms with Gasteiger partial charge in [0.05, 0.1) is 5.25 Å². The van der Waals surface area contributed by atoms with Crippen LogP contribution in [0.4, 0.5) is 0 Å². The summed E-state index contributed by atoms with van der Waals surface area (Å²) in [4.78, 5) is 0. The largest absolute Gasteiger partial charge is 0.384 e. The maximum absolute atomic E-state index is 11.7. The third-order valence-corrected chi connectivity index (χ3v) is 5.25. The molecule has 0 aliphatic heterocycles. The van der Waals surface area contributed by atoms with Gasteiger partial charge < -0.3 is 5.11 Å². The highest BCUT2D eigenvalue weighted by Crippen LogP contribution is 2.42. The maximum atomic E-state index is 11.7. The Labute approximate surface area is 102 Å². The van der Waals surface area contributed by atoms with Crippen LogP contribution >= 0.6 is 0 Å². The molecule has 0 amide bonds. The van der Waals surface area contributed by atoms with E-state index in [1.54, 1.807) is 0 Å². The molecule has 0 heterocycles. The zero-order valence-corrected chi connectivity index (χ0v) is 11.0. The summed E-state index contributed by atoms with van der Waals surface area (Å²) < 4.78 is 23.5. The van der Waals surface area contributed by atoms with Gasteiger partial charge in [0, 0.05) is 6.26 Å². The molecule has 94 valence electrons. The van der Waals surface area contributed by atoms with Crippen LogP contribution < -0.4 is 0 Å². The predicted octanol–water partition coefficient (Wildman–Crippen LogP) is 1.78. The minimum absolute atomic E-state index is 0.522. The lowest BCUT2D eigenvalue weighted by molar-refractivity contribution is 0.0476. The first kappa shape index (κ1) is 12.6. The fourth-order valence-electron chi connectivity index (χ4n) is 2.77. The van der Waals surface area contributed by atoms with Crippen molar-refractivity contribution in [2.75, 3.05) is 6.26 Å². The SMILES string of the molecule is Cc1cccc(C2(O)CCCC2S(C)(=O)=O)c1. The molecule has 0 radical (unpaired) electrons. The fourth-order valence-corrected chi connectivity index (χ4v) is 4.33. The molecule has 1 fully saturated rings. The van der Waals surface area contributed by atoms with Crippen LogP contribution in [0.5, 0.6) is 0 Å². The Balaban J connectivity index is 2.48. The fraction of sp³-hybridized carbons (Fsp3) is 0.538. The van der Waals surface area contributed by atoms with Crippen molar-refractivity contribution in [2.24, 2.45) is 0 Å². The molecule has 1 aliphatic carbocycles. The zero-order valence-electron chi connectivity index (χ0n) is 10.2. The number of benzene rings is 1. The van der Waals surface area contributed by atoms with Crippen LogP contribution in [0, 0.1) is 6.92 Å². The Kier molecular flexibility index (Phi) is 3.04. The lowest BCUT2D eigenvalue weighted by Gasteiger charge is -2.29. The Morgan fingerprint density at radius 2 is 2.12 bits per heavy atom. The second kappa shape index (κ2) is 4.10. The van der Waals surface area contributed by atoms with Crippen molar-refractivity contribution in [3.8, 4) is 0 Å². The number of rotatable bonds is 2. The quantitative estimate of drug-likeness (QED) is 0.875. The molecular formula is C13H18O3S. The average Bonchev–Trinajstić information content (AvgIpc) is 2.61. The Hall–Kier alpha value is -0.870. The standard InChI is InChI=1S/C13H18O3S/c1-10-5-3-6-11(9-10)13(14)8-4-7-12(13)17(2,15)16/h3,5-6,9,12,14H,4,7-8H2,1-2H3. The van der Waals surface area contributed by atoms with Crippen molar-refractivity contribution in [3.63, 3.8) is 0 Å². The van der Waals surface area contributed by atoms with Gasteiger partial charge in [0.15, 0.2) is 9.84 Å². The number of hydrogen-bond donors (Lipinski definition) is 1. The highest BCUT2D eigenvalue weighted by molar-refractivity contribution is 7.91. The third kappa shape index (κ3) is 2.24. The molecule has 2 atom stereocenters.